The summed E-state index contributed by atoms with van der Waals surface area (Å²) in [5.74, 6) is 0.703. The molecule has 0 aliphatic heterocycles. The van der Waals surface area contributed by atoms with E-state index in [9.17, 15) is 14.9 Å². The van der Waals surface area contributed by atoms with E-state index in [1.807, 2.05) is 44.2 Å². The van der Waals surface area contributed by atoms with Gasteiger partial charge in [0, 0.05) is 22.5 Å². The molecule has 0 saturated carbocycles. The average Bonchev–Trinajstić information content (AvgIpc) is 2.88. The van der Waals surface area contributed by atoms with Gasteiger partial charge in [-0.15, -0.1) is 0 Å². The first-order chi connectivity index (χ1) is 17.8. The molecule has 0 spiro atoms. The summed E-state index contributed by atoms with van der Waals surface area (Å²) in [7, 11) is 1.41. The van der Waals surface area contributed by atoms with E-state index in [1.165, 1.54) is 24.1 Å². The highest BCUT2D eigenvalue weighted by molar-refractivity contribution is 9.10. The highest BCUT2D eigenvalue weighted by Crippen LogP contribution is 2.38. The van der Waals surface area contributed by atoms with Crippen LogP contribution in [-0.2, 0) is 13.0 Å². The van der Waals surface area contributed by atoms with E-state index >= 15 is 0 Å². The summed E-state index contributed by atoms with van der Waals surface area (Å²) in [4.78, 5) is 29.2. The lowest BCUT2D eigenvalue weighted by Crippen LogP contribution is -2.22. The summed E-state index contributed by atoms with van der Waals surface area (Å²) in [6.45, 7) is 4.10. The van der Waals surface area contributed by atoms with Gasteiger partial charge in [0.15, 0.2) is 5.75 Å². The van der Waals surface area contributed by atoms with E-state index in [0.29, 0.717) is 28.7 Å². The van der Waals surface area contributed by atoms with Gasteiger partial charge in [-0.1, -0.05) is 52.7 Å². The van der Waals surface area contributed by atoms with Crippen molar-refractivity contribution in [3.05, 3.63) is 102 Å². The third kappa shape index (κ3) is 5.86. The van der Waals surface area contributed by atoms with Gasteiger partial charge in [-0.05, 0) is 43.2 Å². The number of nitro groups is 1. The van der Waals surface area contributed by atoms with Gasteiger partial charge in [0.1, 0.15) is 12.4 Å². The molecule has 37 heavy (non-hydrogen) atoms. The van der Waals surface area contributed by atoms with Crippen LogP contribution in [0, 0.1) is 17.0 Å². The van der Waals surface area contributed by atoms with Gasteiger partial charge in [-0.3, -0.25) is 14.9 Å². The molecule has 3 aromatic carbocycles. The third-order valence-electron chi connectivity index (χ3n) is 5.65. The molecule has 0 atom stereocenters. The van der Waals surface area contributed by atoms with E-state index in [4.69, 9.17) is 9.47 Å². The molecule has 0 unspecified atom stereocenters. The van der Waals surface area contributed by atoms with Gasteiger partial charge in [0.2, 0.25) is 5.75 Å². The molecule has 0 amide bonds. The Balaban J connectivity index is 1.73. The lowest BCUT2D eigenvalue weighted by atomic mass is 10.1. The fraction of sp³-hybridized carbons (Fsp3) is 0.222. The zero-order chi connectivity index (χ0) is 26.5. The molecule has 9 nitrogen and oxygen atoms in total. The predicted octanol–water partition coefficient (Wildman–Crippen LogP) is 5.80. The smallest absolute Gasteiger partial charge is 0.315 e. The number of fused-ring (bicyclic) bond motifs is 1. The Morgan fingerprint density at radius 3 is 2.59 bits per heavy atom. The Morgan fingerprint density at radius 2 is 1.92 bits per heavy atom. The van der Waals surface area contributed by atoms with E-state index in [0.717, 1.165) is 22.0 Å². The zero-order valence-electron chi connectivity index (χ0n) is 20.6. The number of halogens is 1. The topological polar surface area (TPSA) is 109 Å². The van der Waals surface area contributed by atoms with Crippen molar-refractivity contribution >= 4 is 38.7 Å². The molecule has 4 rings (SSSR count). The molecule has 1 heterocycles. The third-order valence-corrected chi connectivity index (χ3v) is 6.14. The molecule has 0 aliphatic carbocycles. The van der Waals surface area contributed by atoms with Crippen LogP contribution in [-0.4, -0.2) is 27.9 Å². The maximum atomic E-state index is 13.2. The Bertz CT molecular complexity index is 1550. The lowest BCUT2D eigenvalue weighted by Gasteiger charge is -2.12. The van der Waals surface area contributed by atoms with Gasteiger partial charge in [0.25, 0.3) is 5.56 Å². The van der Waals surface area contributed by atoms with Crippen molar-refractivity contribution in [2.75, 3.05) is 7.11 Å². The van der Waals surface area contributed by atoms with Crippen molar-refractivity contribution in [1.82, 2.24) is 9.66 Å². The zero-order valence-corrected chi connectivity index (χ0v) is 22.2. The second kappa shape index (κ2) is 11.3. The van der Waals surface area contributed by atoms with Crippen LogP contribution >= 0.6 is 15.9 Å². The minimum Gasteiger partial charge on any atom is -0.493 e. The van der Waals surface area contributed by atoms with Crippen LogP contribution in [0.5, 0.6) is 11.5 Å². The maximum absolute atomic E-state index is 13.2. The monoisotopic (exact) mass is 564 g/mol. The summed E-state index contributed by atoms with van der Waals surface area (Å²) >= 11 is 3.39. The number of hydrogen-bond acceptors (Lipinski definition) is 7. The van der Waals surface area contributed by atoms with Crippen LogP contribution in [0.4, 0.5) is 5.69 Å². The van der Waals surface area contributed by atoms with E-state index in [-0.39, 0.29) is 29.4 Å². The van der Waals surface area contributed by atoms with Crippen LogP contribution in [0.2, 0.25) is 0 Å². The summed E-state index contributed by atoms with van der Waals surface area (Å²) in [6, 6.07) is 15.9. The number of nitrogens with zero attached hydrogens (tertiary/aromatic N) is 4. The van der Waals surface area contributed by atoms with Crippen molar-refractivity contribution in [3.8, 4) is 11.5 Å². The van der Waals surface area contributed by atoms with Gasteiger partial charge in [-0.2, -0.15) is 9.78 Å². The average molecular weight is 565 g/mol. The van der Waals surface area contributed by atoms with Crippen molar-refractivity contribution in [2.24, 2.45) is 5.10 Å². The molecule has 4 aromatic rings. The Hall–Kier alpha value is -4.05. The van der Waals surface area contributed by atoms with Crippen molar-refractivity contribution in [3.63, 3.8) is 0 Å². The highest BCUT2D eigenvalue weighted by atomic mass is 79.9. The summed E-state index contributed by atoms with van der Waals surface area (Å²) in [5.41, 5.74) is 2.32. The second-order valence-electron chi connectivity index (χ2n) is 8.40. The Kier molecular flexibility index (Phi) is 7.98. The molecular formula is C27H25BrN4O5. The number of nitro benzene ring substituents is 1. The van der Waals surface area contributed by atoms with Crippen LogP contribution in [0.25, 0.3) is 10.9 Å². The SMILES string of the molecule is CCCc1nc2ccc(Br)cc2c(=O)n1N=Cc1cc(OC)c(OCc2ccc(C)cc2)c([N+](=O)[O-])c1. The van der Waals surface area contributed by atoms with Crippen LogP contribution < -0.4 is 15.0 Å². The van der Waals surface area contributed by atoms with Crippen LogP contribution in [0.15, 0.2) is 69.0 Å². The quantitative estimate of drug-likeness (QED) is 0.144. The number of benzene rings is 3. The predicted molar refractivity (Wildman–Crippen MR) is 146 cm³/mol. The molecule has 1 aromatic heterocycles. The normalized spacial score (nSPS) is 11.2. The first-order valence-corrected chi connectivity index (χ1v) is 12.4. The number of methoxy groups -OCH3 is 1. The summed E-state index contributed by atoms with van der Waals surface area (Å²) in [6.07, 6.45) is 2.68. The van der Waals surface area contributed by atoms with E-state index in [2.05, 4.69) is 26.0 Å². The van der Waals surface area contributed by atoms with Gasteiger partial charge in [-0.25, -0.2) is 4.98 Å². The molecule has 10 heteroatoms. The molecule has 0 N–H and O–H groups in total. The first kappa shape index (κ1) is 26.0. The van der Waals surface area contributed by atoms with Gasteiger partial charge < -0.3 is 9.47 Å². The van der Waals surface area contributed by atoms with Gasteiger partial charge in [0.05, 0.1) is 29.2 Å². The molecule has 0 bridgehead atoms. The maximum Gasteiger partial charge on any atom is 0.315 e. The van der Waals surface area contributed by atoms with Crippen molar-refractivity contribution in [2.45, 2.75) is 33.3 Å². The molecular weight excluding hydrogens is 540 g/mol. The summed E-state index contributed by atoms with van der Waals surface area (Å²) < 4.78 is 13.2. The van der Waals surface area contributed by atoms with E-state index in [1.54, 1.807) is 18.2 Å². The molecule has 0 aliphatic rings. The summed E-state index contributed by atoms with van der Waals surface area (Å²) in [5, 5.41) is 16.7. The fourth-order valence-corrected chi connectivity index (χ4v) is 4.14. The van der Waals surface area contributed by atoms with Crippen LogP contribution in [0.3, 0.4) is 0 Å². The highest BCUT2D eigenvalue weighted by Gasteiger charge is 2.22. The van der Waals surface area contributed by atoms with Crippen molar-refractivity contribution in [1.29, 1.82) is 0 Å². The molecule has 0 fully saturated rings. The first-order valence-electron chi connectivity index (χ1n) is 11.6. The van der Waals surface area contributed by atoms with Gasteiger partial charge >= 0.3 is 5.69 Å². The second-order valence-corrected chi connectivity index (χ2v) is 9.32. The number of aryl methyl sites for hydroxylation is 2. The molecule has 0 saturated heterocycles. The fourth-order valence-electron chi connectivity index (χ4n) is 3.78. The minimum absolute atomic E-state index is 0.0197. The Labute approximate surface area is 221 Å². The minimum atomic E-state index is -0.534. The van der Waals surface area contributed by atoms with Crippen molar-refractivity contribution < 1.29 is 14.4 Å². The lowest BCUT2D eigenvalue weighted by molar-refractivity contribution is -0.386. The largest absolute Gasteiger partial charge is 0.493 e. The number of ether oxygens (including phenoxy) is 2. The number of hydrogen-bond donors (Lipinski definition) is 0. The number of aromatic nitrogens is 2. The Morgan fingerprint density at radius 1 is 1.16 bits per heavy atom. The van der Waals surface area contributed by atoms with E-state index < -0.39 is 4.92 Å². The molecule has 0 radical (unpaired) electrons. The number of rotatable bonds is 9. The van der Waals surface area contributed by atoms with Crippen LogP contribution in [0.1, 0.15) is 35.9 Å². The standard InChI is InChI=1S/C27H25BrN4O5/c1-4-5-25-30-22-11-10-20(28)14-21(22)27(33)31(25)29-15-19-12-23(32(34)35)26(24(13-19)36-3)37-16-18-8-6-17(2)7-9-18/h6-15H,4-5,16H2,1-3H3. The molecule has 190 valence electrons.